The molecule has 27 heavy (non-hydrogen) atoms. The van der Waals surface area contributed by atoms with Crippen molar-refractivity contribution in [2.45, 2.75) is 26.8 Å². The van der Waals surface area contributed by atoms with Crippen molar-refractivity contribution in [2.75, 3.05) is 25.2 Å². The predicted molar refractivity (Wildman–Crippen MR) is 103 cm³/mol. The number of rotatable bonds is 6. The number of ether oxygens (including phenoxy) is 2. The number of benzene rings is 2. The Morgan fingerprint density at radius 2 is 1.78 bits per heavy atom. The second-order valence-corrected chi connectivity index (χ2v) is 6.58. The van der Waals surface area contributed by atoms with Crippen molar-refractivity contribution in [3.8, 4) is 11.5 Å². The maximum absolute atomic E-state index is 13.0. The first-order chi connectivity index (χ1) is 12.9. The lowest BCUT2D eigenvalue weighted by molar-refractivity contribution is -0.126. The summed E-state index contributed by atoms with van der Waals surface area (Å²) < 4.78 is 11.1. The molecule has 0 saturated carbocycles. The summed E-state index contributed by atoms with van der Waals surface area (Å²) in [6, 6.07) is 10.7. The predicted octanol–water partition coefficient (Wildman–Crippen LogP) is 2.91. The lowest BCUT2D eigenvalue weighted by Crippen LogP contribution is -2.38. The number of carbonyl (C=O) groups excluding carboxylic acids is 2. The fourth-order valence-corrected chi connectivity index (χ4v) is 3.47. The quantitative estimate of drug-likeness (QED) is 0.851. The van der Waals surface area contributed by atoms with Crippen LogP contribution in [-0.2, 0) is 9.59 Å². The zero-order valence-corrected chi connectivity index (χ0v) is 16.0. The van der Waals surface area contributed by atoms with E-state index >= 15 is 0 Å². The van der Waals surface area contributed by atoms with Crippen molar-refractivity contribution < 1.29 is 19.1 Å². The van der Waals surface area contributed by atoms with Gasteiger partial charge in [-0.25, -0.2) is 0 Å². The average Bonchev–Trinajstić information content (AvgIpc) is 2.92. The molecule has 0 spiro atoms. The lowest BCUT2D eigenvalue weighted by Gasteiger charge is -2.20. The second kappa shape index (κ2) is 7.70. The van der Waals surface area contributed by atoms with Crippen LogP contribution in [0.2, 0.25) is 0 Å². The molecular weight excluding hydrogens is 344 g/mol. The van der Waals surface area contributed by atoms with Gasteiger partial charge < -0.3 is 19.7 Å². The van der Waals surface area contributed by atoms with Gasteiger partial charge in [0, 0.05) is 12.5 Å². The van der Waals surface area contributed by atoms with Crippen LogP contribution in [0.1, 0.15) is 29.7 Å². The fraction of sp³-hybridized carbons (Fsp3) is 0.333. The SMILES string of the molecule is COc1ccccc1OCCN1C(=O)[C@H](NC(C)=O)c2c(C)ccc(C)c21. The number of nitrogens with zero attached hydrogens (tertiary/aromatic N) is 1. The summed E-state index contributed by atoms with van der Waals surface area (Å²) in [6.07, 6.45) is 0. The first kappa shape index (κ1) is 18.8. The molecule has 0 unspecified atom stereocenters. The first-order valence-corrected chi connectivity index (χ1v) is 8.88. The Balaban J connectivity index is 1.83. The molecule has 3 rings (SSSR count). The highest BCUT2D eigenvalue weighted by molar-refractivity contribution is 6.07. The topological polar surface area (TPSA) is 67.9 Å². The average molecular weight is 368 g/mol. The number of hydrogen-bond acceptors (Lipinski definition) is 4. The maximum Gasteiger partial charge on any atom is 0.254 e. The Kier molecular flexibility index (Phi) is 5.35. The molecule has 1 heterocycles. The molecule has 0 radical (unpaired) electrons. The van der Waals surface area contributed by atoms with E-state index in [0.29, 0.717) is 24.7 Å². The van der Waals surface area contributed by atoms with Gasteiger partial charge in [0.1, 0.15) is 12.6 Å². The van der Waals surface area contributed by atoms with Gasteiger partial charge in [0.25, 0.3) is 5.91 Å². The largest absolute Gasteiger partial charge is 0.493 e. The summed E-state index contributed by atoms with van der Waals surface area (Å²) in [5.74, 6) is 0.911. The molecule has 0 aromatic heterocycles. The summed E-state index contributed by atoms with van der Waals surface area (Å²) >= 11 is 0. The number of nitrogens with one attached hydrogen (secondary N) is 1. The van der Waals surface area contributed by atoms with E-state index in [4.69, 9.17) is 9.47 Å². The number of anilines is 1. The molecule has 0 saturated heterocycles. The van der Waals surface area contributed by atoms with Crippen LogP contribution in [0.25, 0.3) is 0 Å². The molecule has 6 nitrogen and oxygen atoms in total. The highest BCUT2D eigenvalue weighted by Gasteiger charge is 2.39. The normalized spacial score (nSPS) is 15.5. The molecule has 0 aliphatic carbocycles. The van der Waals surface area contributed by atoms with Gasteiger partial charge in [0.05, 0.1) is 19.3 Å². The fourth-order valence-electron chi connectivity index (χ4n) is 3.47. The number of carbonyl (C=O) groups is 2. The van der Waals surface area contributed by atoms with Crippen LogP contribution in [0.15, 0.2) is 36.4 Å². The van der Waals surface area contributed by atoms with Gasteiger partial charge in [-0.15, -0.1) is 0 Å². The van der Waals surface area contributed by atoms with E-state index in [2.05, 4.69) is 5.32 Å². The Hall–Kier alpha value is -3.02. The molecular formula is C21H24N2O4. The first-order valence-electron chi connectivity index (χ1n) is 8.88. The van der Waals surface area contributed by atoms with Crippen molar-refractivity contribution in [3.63, 3.8) is 0 Å². The van der Waals surface area contributed by atoms with Gasteiger partial charge in [0.15, 0.2) is 11.5 Å². The molecule has 2 aromatic rings. The maximum atomic E-state index is 13.0. The standard InChI is InChI=1S/C21H24N2O4/c1-13-9-10-14(2)20-18(13)19(22-15(3)24)21(25)23(20)11-12-27-17-8-6-5-7-16(17)26-4/h5-10,19H,11-12H2,1-4H3,(H,22,24)/t19-/m1/s1. The zero-order chi connectivity index (χ0) is 19.6. The Labute approximate surface area is 159 Å². The van der Waals surface area contributed by atoms with Crippen LogP contribution in [0.3, 0.4) is 0 Å². The highest BCUT2D eigenvalue weighted by atomic mass is 16.5. The Morgan fingerprint density at radius 3 is 2.44 bits per heavy atom. The smallest absolute Gasteiger partial charge is 0.254 e. The summed E-state index contributed by atoms with van der Waals surface area (Å²) in [7, 11) is 1.59. The van der Waals surface area contributed by atoms with E-state index < -0.39 is 6.04 Å². The van der Waals surface area contributed by atoms with Crippen LogP contribution in [0, 0.1) is 13.8 Å². The molecule has 2 amide bonds. The molecule has 1 N–H and O–H groups in total. The summed E-state index contributed by atoms with van der Waals surface area (Å²) in [5, 5.41) is 2.78. The molecule has 142 valence electrons. The van der Waals surface area contributed by atoms with E-state index in [1.807, 2.05) is 50.2 Å². The number of aryl methyl sites for hydroxylation is 2. The minimum atomic E-state index is -0.649. The van der Waals surface area contributed by atoms with Crippen molar-refractivity contribution in [2.24, 2.45) is 0 Å². The summed E-state index contributed by atoms with van der Waals surface area (Å²) in [5.41, 5.74) is 3.71. The van der Waals surface area contributed by atoms with E-state index in [0.717, 1.165) is 22.4 Å². The monoisotopic (exact) mass is 368 g/mol. The van der Waals surface area contributed by atoms with Crippen LogP contribution < -0.4 is 19.7 Å². The van der Waals surface area contributed by atoms with E-state index in [-0.39, 0.29) is 11.8 Å². The van der Waals surface area contributed by atoms with E-state index in [1.165, 1.54) is 6.92 Å². The number of methoxy groups -OCH3 is 1. The molecule has 1 aliphatic rings. The Morgan fingerprint density at radius 1 is 1.11 bits per heavy atom. The van der Waals surface area contributed by atoms with Gasteiger partial charge in [-0.2, -0.15) is 0 Å². The zero-order valence-electron chi connectivity index (χ0n) is 16.0. The number of para-hydroxylation sites is 2. The molecule has 6 heteroatoms. The number of fused-ring (bicyclic) bond motifs is 1. The molecule has 1 aliphatic heterocycles. The lowest BCUT2D eigenvalue weighted by atomic mass is 9.99. The van der Waals surface area contributed by atoms with Crippen molar-refractivity contribution >= 4 is 17.5 Å². The van der Waals surface area contributed by atoms with Crippen LogP contribution in [0.5, 0.6) is 11.5 Å². The van der Waals surface area contributed by atoms with Crippen LogP contribution in [0.4, 0.5) is 5.69 Å². The van der Waals surface area contributed by atoms with Crippen molar-refractivity contribution in [1.29, 1.82) is 0 Å². The van der Waals surface area contributed by atoms with Crippen LogP contribution >= 0.6 is 0 Å². The van der Waals surface area contributed by atoms with Gasteiger partial charge in [-0.05, 0) is 37.1 Å². The summed E-state index contributed by atoms with van der Waals surface area (Å²) in [4.78, 5) is 26.3. The minimum absolute atomic E-state index is 0.138. The molecule has 2 aromatic carbocycles. The Bertz CT molecular complexity index is 878. The molecule has 0 fully saturated rings. The van der Waals surface area contributed by atoms with Gasteiger partial charge in [-0.1, -0.05) is 24.3 Å². The van der Waals surface area contributed by atoms with Gasteiger partial charge in [0.2, 0.25) is 5.91 Å². The van der Waals surface area contributed by atoms with E-state index in [9.17, 15) is 9.59 Å². The van der Waals surface area contributed by atoms with Crippen molar-refractivity contribution in [1.82, 2.24) is 5.32 Å². The third-order valence-corrected chi connectivity index (χ3v) is 4.70. The van der Waals surface area contributed by atoms with Gasteiger partial charge >= 0.3 is 0 Å². The third kappa shape index (κ3) is 3.60. The molecule has 0 bridgehead atoms. The third-order valence-electron chi connectivity index (χ3n) is 4.70. The highest BCUT2D eigenvalue weighted by Crippen LogP contribution is 2.40. The van der Waals surface area contributed by atoms with Crippen molar-refractivity contribution in [3.05, 3.63) is 53.1 Å². The number of hydrogen-bond donors (Lipinski definition) is 1. The van der Waals surface area contributed by atoms with E-state index in [1.54, 1.807) is 12.0 Å². The summed E-state index contributed by atoms with van der Waals surface area (Å²) in [6.45, 7) is 6.03. The minimum Gasteiger partial charge on any atom is -0.493 e. The molecule has 1 atom stereocenters. The van der Waals surface area contributed by atoms with Crippen LogP contribution in [-0.4, -0.2) is 32.1 Å². The number of amides is 2. The van der Waals surface area contributed by atoms with Gasteiger partial charge in [-0.3, -0.25) is 9.59 Å². The second-order valence-electron chi connectivity index (χ2n) is 6.58.